The third kappa shape index (κ3) is 0.421. The lowest BCUT2D eigenvalue weighted by Crippen LogP contribution is -1.87. The molecule has 0 aliphatic rings. The van der Waals surface area contributed by atoms with Crippen molar-refractivity contribution in [1.29, 1.82) is 0 Å². The molecule has 1 radical (unpaired) electrons. The average Bonchev–Trinajstić information content (AvgIpc) is 2.44. The summed E-state index contributed by atoms with van der Waals surface area (Å²) in [6, 6.07) is 7.56. The van der Waals surface area contributed by atoms with Crippen LogP contribution in [-0.2, 0) is 4.79 Å². The smallest absolute Gasteiger partial charge is 0.273 e. The minimum absolute atomic E-state index is 0.917. The normalized spacial score (nSPS) is 10.7. The molecule has 0 saturated heterocycles. The Labute approximate surface area is 52.0 Å². The van der Waals surface area contributed by atoms with Crippen LogP contribution in [-0.4, -0.2) is 11.0 Å². The molecule has 0 aliphatic carbocycles. The van der Waals surface area contributed by atoms with E-state index in [0.717, 1.165) is 11.0 Å². The van der Waals surface area contributed by atoms with Crippen molar-refractivity contribution in [2.75, 3.05) is 0 Å². The molecule has 0 unspecified atom stereocenters. The highest BCUT2D eigenvalue weighted by atomic mass is 16.1. The lowest BCUT2D eigenvalue weighted by Gasteiger charge is -1.81. The summed E-state index contributed by atoms with van der Waals surface area (Å²) in [5.41, 5.74) is 1.83. The summed E-state index contributed by atoms with van der Waals surface area (Å²) >= 11 is 0. The Morgan fingerprint density at radius 2 is 1.56 bits per heavy atom. The van der Waals surface area contributed by atoms with E-state index >= 15 is 0 Å². The highest BCUT2D eigenvalue weighted by Crippen LogP contribution is 2.13. The van der Waals surface area contributed by atoms with Crippen molar-refractivity contribution in [3.63, 3.8) is 0 Å². The van der Waals surface area contributed by atoms with Crippen LogP contribution in [0.15, 0.2) is 24.3 Å². The van der Waals surface area contributed by atoms with Crippen molar-refractivity contribution in [3.05, 3.63) is 24.3 Å². The van der Waals surface area contributed by atoms with Crippen molar-refractivity contribution in [2.24, 2.45) is 0 Å². The molecule has 0 fully saturated rings. The SMILES string of the molecule is O=[C]n1c2ccc1cc2. The average molecular weight is 118 g/mol. The molecule has 2 heteroatoms. The summed E-state index contributed by atoms with van der Waals surface area (Å²) in [7, 11) is 0. The van der Waals surface area contributed by atoms with Crippen molar-refractivity contribution < 1.29 is 4.79 Å². The van der Waals surface area contributed by atoms with Crippen molar-refractivity contribution in [3.8, 4) is 0 Å². The number of fused-ring (bicyclic) bond motifs is 2. The zero-order valence-corrected chi connectivity index (χ0v) is 4.66. The Bertz CT molecular complexity index is 275. The molecular formula is C7H4NO. The topological polar surface area (TPSA) is 22.0 Å². The van der Waals surface area contributed by atoms with Crippen LogP contribution in [0, 0.1) is 0 Å². The number of hydrogen-bond acceptors (Lipinski definition) is 1. The Hall–Kier alpha value is -1.31. The zero-order valence-electron chi connectivity index (χ0n) is 4.66. The molecule has 2 nitrogen and oxygen atoms in total. The molecule has 0 N–H and O–H groups in total. The van der Waals surface area contributed by atoms with Gasteiger partial charge in [-0.15, -0.1) is 0 Å². The molecule has 43 valence electrons. The minimum atomic E-state index is 0.917. The second kappa shape index (κ2) is 1.35. The van der Waals surface area contributed by atoms with Crippen LogP contribution in [0.3, 0.4) is 0 Å². The summed E-state index contributed by atoms with van der Waals surface area (Å²) < 4.78 is 1.49. The van der Waals surface area contributed by atoms with Gasteiger partial charge in [0.1, 0.15) is 0 Å². The largest absolute Gasteiger partial charge is 0.321 e. The van der Waals surface area contributed by atoms with Crippen LogP contribution in [0.1, 0.15) is 0 Å². The number of hydrogen-bond donors (Lipinski definition) is 0. The van der Waals surface area contributed by atoms with E-state index in [4.69, 9.17) is 0 Å². The standard InChI is InChI=1S/C7H4NO/c9-5-8-6-1-2-7(8)4-3-6/h1-4H. The fourth-order valence-electron chi connectivity index (χ4n) is 1.01. The molecule has 0 amide bonds. The Balaban J connectivity index is 2.94. The number of carbonyl (C=O) groups excluding carboxylic acids is 1. The van der Waals surface area contributed by atoms with E-state index in [1.54, 1.807) is 0 Å². The summed E-state index contributed by atoms with van der Waals surface area (Å²) in [5, 5.41) is 0. The van der Waals surface area contributed by atoms with Gasteiger partial charge in [0.25, 0.3) is 0 Å². The van der Waals surface area contributed by atoms with Crippen LogP contribution in [0.5, 0.6) is 0 Å². The molecule has 2 rings (SSSR count). The van der Waals surface area contributed by atoms with E-state index in [0.29, 0.717) is 0 Å². The van der Waals surface area contributed by atoms with Crippen LogP contribution < -0.4 is 0 Å². The second-order valence-corrected chi connectivity index (χ2v) is 1.94. The van der Waals surface area contributed by atoms with Crippen molar-refractivity contribution in [1.82, 2.24) is 4.57 Å². The second-order valence-electron chi connectivity index (χ2n) is 1.94. The maximum Gasteiger partial charge on any atom is 0.321 e. The van der Waals surface area contributed by atoms with Gasteiger partial charge < -0.3 is 0 Å². The summed E-state index contributed by atoms with van der Waals surface area (Å²) in [5.74, 6) is 0. The molecule has 0 spiro atoms. The molecule has 2 bridgehead atoms. The maximum atomic E-state index is 10.1. The van der Waals surface area contributed by atoms with Gasteiger partial charge in [-0.25, -0.2) is 0 Å². The number of aromatic nitrogens is 1. The predicted molar refractivity (Wildman–Crippen MR) is 34.2 cm³/mol. The van der Waals surface area contributed by atoms with Gasteiger partial charge >= 0.3 is 6.41 Å². The van der Waals surface area contributed by atoms with E-state index in [1.165, 1.54) is 4.57 Å². The zero-order chi connectivity index (χ0) is 6.27. The van der Waals surface area contributed by atoms with Gasteiger partial charge in [-0.3, -0.25) is 9.36 Å². The fraction of sp³-hybridized carbons (Fsp3) is 0. The van der Waals surface area contributed by atoms with E-state index in [9.17, 15) is 4.79 Å². The van der Waals surface area contributed by atoms with Crippen molar-refractivity contribution in [2.45, 2.75) is 0 Å². The molecular weight excluding hydrogens is 114 g/mol. The molecule has 0 atom stereocenters. The summed E-state index contributed by atoms with van der Waals surface area (Å²) in [6.45, 7) is 0. The molecule has 2 heterocycles. The lowest BCUT2D eigenvalue weighted by molar-refractivity contribution is 0.550. The molecule has 2 aromatic heterocycles. The predicted octanol–water partition coefficient (Wildman–Crippen LogP) is 0.994. The Morgan fingerprint density at radius 3 is 1.78 bits per heavy atom. The third-order valence-corrected chi connectivity index (χ3v) is 1.46. The third-order valence-electron chi connectivity index (χ3n) is 1.46. The highest BCUT2D eigenvalue weighted by molar-refractivity contribution is 5.80. The first-order valence-corrected chi connectivity index (χ1v) is 2.70. The number of nitrogens with zero attached hydrogens (tertiary/aromatic N) is 1. The van der Waals surface area contributed by atoms with E-state index < -0.39 is 0 Å². The first kappa shape index (κ1) is 4.56. The van der Waals surface area contributed by atoms with Gasteiger partial charge in [0, 0.05) is 11.0 Å². The monoisotopic (exact) mass is 118 g/mol. The van der Waals surface area contributed by atoms with Gasteiger partial charge in [0.05, 0.1) is 0 Å². The maximum absolute atomic E-state index is 10.1. The van der Waals surface area contributed by atoms with Gasteiger partial charge in [0.15, 0.2) is 0 Å². The molecule has 0 saturated carbocycles. The molecule has 2 aromatic rings. The lowest BCUT2D eigenvalue weighted by atomic mass is 10.4. The van der Waals surface area contributed by atoms with Crippen LogP contribution in [0.2, 0.25) is 0 Å². The van der Waals surface area contributed by atoms with Crippen molar-refractivity contribution >= 4 is 17.4 Å². The number of rotatable bonds is 1. The van der Waals surface area contributed by atoms with Gasteiger partial charge in [-0.05, 0) is 24.3 Å². The number of benzene rings is 1. The fourth-order valence-corrected chi connectivity index (χ4v) is 1.01. The quantitative estimate of drug-likeness (QED) is 0.547. The van der Waals surface area contributed by atoms with E-state index in [1.807, 2.05) is 30.7 Å². The van der Waals surface area contributed by atoms with E-state index in [-0.39, 0.29) is 0 Å². The molecule has 0 aliphatic heterocycles. The minimum Gasteiger partial charge on any atom is -0.273 e. The first-order chi connectivity index (χ1) is 4.42. The molecule has 9 heavy (non-hydrogen) atoms. The van der Waals surface area contributed by atoms with Gasteiger partial charge in [-0.1, -0.05) is 0 Å². The first-order valence-electron chi connectivity index (χ1n) is 2.70. The van der Waals surface area contributed by atoms with Crippen LogP contribution in [0.25, 0.3) is 11.0 Å². The van der Waals surface area contributed by atoms with E-state index in [2.05, 4.69) is 0 Å². The highest BCUT2D eigenvalue weighted by Gasteiger charge is 2.00. The molecule has 0 aromatic carbocycles. The summed E-state index contributed by atoms with van der Waals surface area (Å²) in [6.07, 6.45) is 1.81. The van der Waals surface area contributed by atoms with Crippen LogP contribution >= 0.6 is 0 Å². The Morgan fingerprint density at radius 1 is 1.11 bits per heavy atom. The Kier molecular flexibility index (Phi) is 0.681. The van der Waals surface area contributed by atoms with Gasteiger partial charge in [-0.2, -0.15) is 0 Å². The van der Waals surface area contributed by atoms with Gasteiger partial charge in [0.2, 0.25) is 0 Å². The summed E-state index contributed by atoms with van der Waals surface area (Å²) in [4.78, 5) is 10.1. The van der Waals surface area contributed by atoms with Crippen LogP contribution in [0.4, 0.5) is 0 Å².